The molecular formula is C18H15Cl2N5O. The molecule has 0 spiro atoms. The number of rotatable bonds is 3. The Balaban J connectivity index is 0.00000196. The summed E-state index contributed by atoms with van der Waals surface area (Å²) in [6.45, 7) is 3.70. The van der Waals surface area contributed by atoms with Gasteiger partial charge in [0.15, 0.2) is 11.5 Å². The molecule has 1 N–H and O–H groups in total. The summed E-state index contributed by atoms with van der Waals surface area (Å²) in [5.74, 6) is 0.947. The highest BCUT2D eigenvalue weighted by atomic mass is 35.5. The number of nitrogens with one attached hydrogen (secondary N) is 1. The number of fused-ring (bicyclic) bond motifs is 1. The van der Waals surface area contributed by atoms with E-state index in [1.54, 1.807) is 13.1 Å². The van der Waals surface area contributed by atoms with Crippen molar-refractivity contribution in [3.8, 4) is 11.5 Å². The average Bonchev–Trinajstić information content (AvgIpc) is 3.03. The van der Waals surface area contributed by atoms with Crippen molar-refractivity contribution >= 4 is 46.4 Å². The number of hydrogen-bond acceptors (Lipinski definition) is 6. The van der Waals surface area contributed by atoms with Crippen molar-refractivity contribution in [3.05, 3.63) is 59.1 Å². The number of anilines is 2. The maximum absolute atomic E-state index is 6.31. The fourth-order valence-corrected chi connectivity index (χ4v) is 2.76. The predicted octanol–water partition coefficient (Wildman–Crippen LogP) is 5.12. The van der Waals surface area contributed by atoms with E-state index in [9.17, 15) is 0 Å². The van der Waals surface area contributed by atoms with Crippen LogP contribution >= 0.6 is 24.0 Å². The Morgan fingerprint density at radius 1 is 1.04 bits per heavy atom. The van der Waals surface area contributed by atoms with Crippen molar-refractivity contribution in [2.75, 3.05) is 5.32 Å². The Hall–Kier alpha value is -2.70. The van der Waals surface area contributed by atoms with Crippen LogP contribution in [0.2, 0.25) is 5.02 Å². The minimum atomic E-state index is 0. The number of aryl methyl sites for hydroxylation is 2. The summed E-state index contributed by atoms with van der Waals surface area (Å²) in [6.07, 6.45) is 1.68. The third-order valence-corrected chi connectivity index (χ3v) is 4.09. The summed E-state index contributed by atoms with van der Waals surface area (Å²) in [5.41, 5.74) is 3.77. The second-order valence-electron chi connectivity index (χ2n) is 5.62. The molecule has 0 aliphatic carbocycles. The monoisotopic (exact) mass is 387 g/mol. The number of aromatic nitrogens is 4. The van der Waals surface area contributed by atoms with Crippen LogP contribution < -0.4 is 5.32 Å². The first-order valence-corrected chi connectivity index (χ1v) is 8.08. The van der Waals surface area contributed by atoms with E-state index in [4.69, 9.17) is 16.1 Å². The third-order valence-electron chi connectivity index (χ3n) is 3.76. The second kappa shape index (κ2) is 7.27. The molecule has 8 heteroatoms. The molecule has 3 aromatic heterocycles. The summed E-state index contributed by atoms with van der Waals surface area (Å²) >= 11 is 6.31. The number of nitrogens with zero attached hydrogens (tertiary/aromatic N) is 4. The topological polar surface area (TPSA) is 76.7 Å². The fourth-order valence-electron chi connectivity index (χ4n) is 2.57. The van der Waals surface area contributed by atoms with Gasteiger partial charge in [0, 0.05) is 17.3 Å². The van der Waals surface area contributed by atoms with Crippen LogP contribution in [0.1, 0.15) is 11.5 Å². The Morgan fingerprint density at radius 3 is 2.58 bits per heavy atom. The van der Waals surface area contributed by atoms with Gasteiger partial charge in [0.05, 0.1) is 22.0 Å². The van der Waals surface area contributed by atoms with Crippen LogP contribution in [0.15, 0.2) is 47.1 Å². The van der Waals surface area contributed by atoms with Crippen molar-refractivity contribution in [1.82, 2.24) is 20.1 Å². The van der Waals surface area contributed by atoms with Gasteiger partial charge in [0.25, 0.3) is 5.89 Å². The van der Waals surface area contributed by atoms with E-state index >= 15 is 0 Å². The van der Waals surface area contributed by atoms with Crippen LogP contribution in [0.5, 0.6) is 0 Å². The molecule has 1 aromatic carbocycles. The van der Waals surface area contributed by atoms with E-state index in [0.29, 0.717) is 27.9 Å². The van der Waals surface area contributed by atoms with Gasteiger partial charge in [-0.15, -0.1) is 12.4 Å². The average molecular weight is 388 g/mol. The van der Waals surface area contributed by atoms with Gasteiger partial charge in [-0.2, -0.15) is 4.98 Å². The summed E-state index contributed by atoms with van der Waals surface area (Å²) in [5, 5.41) is 8.70. The quantitative estimate of drug-likeness (QED) is 0.525. The number of halogens is 2. The van der Waals surface area contributed by atoms with E-state index in [1.165, 1.54) is 0 Å². The molecule has 0 fully saturated rings. The van der Waals surface area contributed by atoms with E-state index in [0.717, 1.165) is 22.5 Å². The molecular weight excluding hydrogens is 373 g/mol. The van der Waals surface area contributed by atoms with E-state index < -0.39 is 0 Å². The predicted molar refractivity (Wildman–Crippen MR) is 104 cm³/mol. The normalized spacial score (nSPS) is 10.6. The zero-order valence-electron chi connectivity index (χ0n) is 14.0. The molecule has 0 atom stereocenters. The zero-order valence-corrected chi connectivity index (χ0v) is 15.6. The molecule has 0 unspecified atom stereocenters. The van der Waals surface area contributed by atoms with Crippen molar-refractivity contribution in [1.29, 1.82) is 0 Å². The van der Waals surface area contributed by atoms with Crippen LogP contribution in [0, 0.1) is 13.8 Å². The summed E-state index contributed by atoms with van der Waals surface area (Å²) in [7, 11) is 0. The van der Waals surface area contributed by atoms with Crippen molar-refractivity contribution in [2.45, 2.75) is 13.8 Å². The van der Waals surface area contributed by atoms with E-state index in [1.807, 2.05) is 43.3 Å². The van der Waals surface area contributed by atoms with Crippen molar-refractivity contribution in [3.63, 3.8) is 0 Å². The molecule has 132 valence electrons. The number of benzene rings is 1. The minimum absolute atomic E-state index is 0. The van der Waals surface area contributed by atoms with Crippen LogP contribution in [-0.4, -0.2) is 20.1 Å². The second-order valence-corrected chi connectivity index (χ2v) is 6.03. The van der Waals surface area contributed by atoms with Crippen LogP contribution in [-0.2, 0) is 0 Å². The minimum Gasteiger partial charge on any atom is -0.353 e. The van der Waals surface area contributed by atoms with Gasteiger partial charge in [-0.05, 0) is 38.1 Å². The summed E-state index contributed by atoms with van der Waals surface area (Å²) < 4.78 is 5.34. The molecule has 4 rings (SSSR count). The maximum atomic E-state index is 6.31. The fraction of sp³-hybridized carbons (Fsp3) is 0.111. The molecule has 4 aromatic rings. The van der Waals surface area contributed by atoms with E-state index in [-0.39, 0.29) is 12.4 Å². The lowest BCUT2D eigenvalue weighted by molar-refractivity contribution is 0.425. The summed E-state index contributed by atoms with van der Waals surface area (Å²) in [4.78, 5) is 13.2. The maximum Gasteiger partial charge on any atom is 0.261 e. The molecule has 0 radical (unpaired) electrons. The smallest absolute Gasteiger partial charge is 0.261 e. The third kappa shape index (κ3) is 3.34. The molecule has 0 amide bonds. The highest BCUT2D eigenvalue weighted by Crippen LogP contribution is 2.36. The Morgan fingerprint density at radius 2 is 1.85 bits per heavy atom. The summed E-state index contributed by atoms with van der Waals surface area (Å²) in [6, 6.07) is 11.4. The van der Waals surface area contributed by atoms with Gasteiger partial charge < -0.3 is 9.84 Å². The van der Waals surface area contributed by atoms with Gasteiger partial charge in [0.2, 0.25) is 0 Å². The number of hydrogen-bond donors (Lipinski definition) is 1. The van der Waals surface area contributed by atoms with Gasteiger partial charge in [0.1, 0.15) is 0 Å². The highest BCUT2D eigenvalue weighted by molar-refractivity contribution is 6.33. The van der Waals surface area contributed by atoms with E-state index in [2.05, 4.69) is 25.4 Å². The molecule has 6 nitrogen and oxygen atoms in total. The number of pyridine rings is 2. The molecule has 26 heavy (non-hydrogen) atoms. The van der Waals surface area contributed by atoms with Crippen LogP contribution in [0.3, 0.4) is 0 Å². The molecule has 0 aliphatic rings. The van der Waals surface area contributed by atoms with Gasteiger partial charge in [-0.1, -0.05) is 28.9 Å². The highest BCUT2D eigenvalue weighted by Gasteiger charge is 2.17. The lowest BCUT2D eigenvalue weighted by atomic mass is 10.1. The Kier molecular flexibility index (Phi) is 5.06. The first-order chi connectivity index (χ1) is 12.1. The van der Waals surface area contributed by atoms with Crippen molar-refractivity contribution in [2.24, 2.45) is 0 Å². The van der Waals surface area contributed by atoms with Gasteiger partial charge in [-0.3, -0.25) is 0 Å². The molecule has 0 aliphatic heterocycles. The molecule has 0 bridgehead atoms. The first kappa shape index (κ1) is 18.1. The number of para-hydroxylation sites is 1. The van der Waals surface area contributed by atoms with Crippen molar-refractivity contribution < 1.29 is 4.52 Å². The Labute approximate surface area is 161 Å². The van der Waals surface area contributed by atoms with Gasteiger partial charge >= 0.3 is 0 Å². The lowest BCUT2D eigenvalue weighted by Gasteiger charge is -2.13. The molecule has 3 heterocycles. The first-order valence-electron chi connectivity index (χ1n) is 7.70. The Bertz CT molecular complexity index is 1080. The molecule has 0 saturated heterocycles. The SMILES string of the molecule is Cc1ccc2c(Nc3ccccc3Cl)c(-c3nc(C)no3)cnc2n1.Cl. The zero-order chi connectivity index (χ0) is 17.4. The van der Waals surface area contributed by atoms with Crippen LogP contribution in [0.25, 0.3) is 22.5 Å². The lowest BCUT2D eigenvalue weighted by Crippen LogP contribution is -1.99. The standard InChI is InChI=1S/C18H14ClN5O.ClH/c1-10-7-8-12-16(23-15-6-4-3-5-14(15)19)13(9-20-17(12)21-10)18-22-11(2)24-25-18;/h3-9H,1-2H3,(H,20,21,23);1H. The van der Waals surface area contributed by atoms with Gasteiger partial charge in [-0.25, -0.2) is 9.97 Å². The largest absolute Gasteiger partial charge is 0.353 e. The molecule has 0 saturated carbocycles. The van der Waals surface area contributed by atoms with Crippen LogP contribution in [0.4, 0.5) is 11.4 Å².